The number of hydrogen-bond donors (Lipinski definition) is 1. The summed E-state index contributed by atoms with van der Waals surface area (Å²) in [5, 5.41) is 7.31. The van der Waals surface area contributed by atoms with Crippen molar-refractivity contribution < 1.29 is 13.9 Å². The van der Waals surface area contributed by atoms with Crippen LogP contribution in [-0.2, 0) is 13.7 Å². The average Bonchev–Trinajstić information content (AvgIpc) is 3.11. The molecule has 1 unspecified atom stereocenters. The molecule has 6 nitrogen and oxygen atoms in total. The van der Waals surface area contributed by atoms with Crippen LogP contribution < -0.4 is 10.1 Å². The highest BCUT2D eigenvalue weighted by Gasteiger charge is 2.19. The third kappa shape index (κ3) is 5.90. The molecule has 0 saturated heterocycles. The van der Waals surface area contributed by atoms with Gasteiger partial charge in [-0.2, -0.15) is 5.10 Å². The molecule has 1 aromatic heterocycles. The molecule has 3 aromatic rings. The molecule has 0 spiro atoms. The number of aryl methyl sites for hydroxylation is 1. The molecule has 0 bridgehead atoms. The molecule has 1 atom stereocenters. The van der Waals surface area contributed by atoms with Gasteiger partial charge in [-0.05, 0) is 50.3 Å². The summed E-state index contributed by atoms with van der Waals surface area (Å²) in [6, 6.07) is 17.4. The third-order valence-corrected chi connectivity index (χ3v) is 4.74. The van der Waals surface area contributed by atoms with Gasteiger partial charge < -0.3 is 15.0 Å². The number of nitrogens with zero attached hydrogens (tertiary/aromatic N) is 3. The first-order valence-corrected chi connectivity index (χ1v) is 9.84. The summed E-state index contributed by atoms with van der Waals surface area (Å²) in [6.45, 7) is 1.17. The minimum absolute atomic E-state index is 0.254. The summed E-state index contributed by atoms with van der Waals surface area (Å²) in [6.07, 6.45) is 0.689. The highest BCUT2D eigenvalue weighted by atomic mass is 19.1. The summed E-state index contributed by atoms with van der Waals surface area (Å²) < 4.78 is 20.7. The molecule has 0 saturated carbocycles. The third-order valence-electron chi connectivity index (χ3n) is 4.74. The van der Waals surface area contributed by atoms with Crippen molar-refractivity contribution in [3.05, 3.63) is 83.3 Å². The minimum Gasteiger partial charge on any atom is -0.473 e. The van der Waals surface area contributed by atoms with Crippen molar-refractivity contribution in [2.75, 3.05) is 20.6 Å². The molecular weight excluding hydrogens is 383 g/mol. The average molecular weight is 410 g/mol. The number of carbonyl (C=O) groups is 1. The highest BCUT2D eigenvalue weighted by Crippen LogP contribution is 2.20. The van der Waals surface area contributed by atoms with Gasteiger partial charge in [0.25, 0.3) is 5.91 Å². The number of hydrogen-bond acceptors (Lipinski definition) is 4. The quantitative estimate of drug-likeness (QED) is 0.586. The fourth-order valence-corrected chi connectivity index (χ4v) is 3.06. The van der Waals surface area contributed by atoms with Gasteiger partial charge >= 0.3 is 0 Å². The summed E-state index contributed by atoms with van der Waals surface area (Å²) in [7, 11) is 5.68. The van der Waals surface area contributed by atoms with E-state index >= 15 is 0 Å². The monoisotopic (exact) mass is 410 g/mol. The predicted molar refractivity (Wildman–Crippen MR) is 114 cm³/mol. The number of amides is 1. The van der Waals surface area contributed by atoms with Gasteiger partial charge in [-0.25, -0.2) is 9.07 Å². The van der Waals surface area contributed by atoms with Crippen molar-refractivity contribution in [3.8, 4) is 5.88 Å². The van der Waals surface area contributed by atoms with E-state index in [-0.39, 0.29) is 23.5 Å². The van der Waals surface area contributed by atoms with Crippen molar-refractivity contribution in [1.82, 2.24) is 20.0 Å². The number of aromatic nitrogens is 2. The molecule has 158 valence electrons. The van der Waals surface area contributed by atoms with Crippen molar-refractivity contribution in [2.45, 2.75) is 19.1 Å². The van der Waals surface area contributed by atoms with Gasteiger partial charge in [0.05, 0.1) is 6.04 Å². The first-order chi connectivity index (χ1) is 14.4. The molecule has 1 amide bonds. The van der Waals surface area contributed by atoms with Crippen molar-refractivity contribution >= 4 is 5.91 Å². The maximum atomic E-state index is 13.3. The number of ether oxygens (including phenoxy) is 1. The van der Waals surface area contributed by atoms with Crippen LogP contribution in [0.15, 0.2) is 60.7 Å². The lowest BCUT2D eigenvalue weighted by Gasteiger charge is -2.21. The van der Waals surface area contributed by atoms with Crippen LogP contribution in [0.3, 0.4) is 0 Å². The maximum Gasteiger partial charge on any atom is 0.272 e. The zero-order chi connectivity index (χ0) is 21.5. The Hall–Kier alpha value is -3.19. The lowest BCUT2D eigenvalue weighted by Crippen LogP contribution is -2.31. The van der Waals surface area contributed by atoms with Crippen LogP contribution in [-0.4, -0.2) is 41.2 Å². The fourth-order valence-electron chi connectivity index (χ4n) is 3.06. The summed E-state index contributed by atoms with van der Waals surface area (Å²) in [5.74, 6) is -0.0924. The van der Waals surface area contributed by atoms with Crippen LogP contribution >= 0.6 is 0 Å². The van der Waals surface area contributed by atoms with Crippen LogP contribution in [0.1, 0.15) is 34.1 Å². The Balaban J connectivity index is 1.69. The van der Waals surface area contributed by atoms with Crippen molar-refractivity contribution in [1.29, 1.82) is 0 Å². The first kappa shape index (κ1) is 21.5. The van der Waals surface area contributed by atoms with E-state index in [2.05, 4.69) is 10.4 Å². The Bertz CT molecular complexity index is 955. The normalized spacial score (nSPS) is 12.0. The van der Waals surface area contributed by atoms with E-state index < -0.39 is 0 Å². The zero-order valence-electron chi connectivity index (χ0n) is 17.5. The summed E-state index contributed by atoms with van der Waals surface area (Å²) in [5.41, 5.74) is 2.16. The Morgan fingerprint density at radius 2 is 1.87 bits per heavy atom. The standard InChI is InChI=1S/C23H27FN4O2/c1-27(2)14-13-20(18-9-11-19(24)12-10-18)25-23(29)21-15-22(28(3)26-21)30-16-17-7-5-4-6-8-17/h4-12,15,20H,13-14,16H2,1-3H3,(H,25,29). The van der Waals surface area contributed by atoms with Gasteiger partial charge in [-0.15, -0.1) is 0 Å². The molecule has 0 fully saturated rings. The van der Waals surface area contributed by atoms with Gasteiger partial charge in [0.15, 0.2) is 5.69 Å². The van der Waals surface area contributed by atoms with E-state index in [4.69, 9.17) is 4.74 Å². The fraction of sp³-hybridized carbons (Fsp3) is 0.304. The zero-order valence-corrected chi connectivity index (χ0v) is 17.5. The number of benzene rings is 2. The summed E-state index contributed by atoms with van der Waals surface area (Å²) >= 11 is 0. The Morgan fingerprint density at radius 1 is 1.17 bits per heavy atom. The maximum absolute atomic E-state index is 13.3. The highest BCUT2D eigenvalue weighted by molar-refractivity contribution is 5.92. The molecule has 0 radical (unpaired) electrons. The van der Waals surface area contributed by atoms with Crippen molar-refractivity contribution in [2.24, 2.45) is 7.05 Å². The molecule has 0 aliphatic heterocycles. The van der Waals surface area contributed by atoms with E-state index in [1.165, 1.54) is 12.1 Å². The molecule has 1 heterocycles. The minimum atomic E-state index is -0.304. The van der Waals surface area contributed by atoms with Crippen molar-refractivity contribution in [3.63, 3.8) is 0 Å². The predicted octanol–water partition coefficient (Wildman–Crippen LogP) is 3.56. The largest absolute Gasteiger partial charge is 0.473 e. The second-order valence-electron chi connectivity index (χ2n) is 7.44. The molecule has 2 aromatic carbocycles. The SMILES string of the molecule is CN(C)CCC(NC(=O)c1cc(OCc2ccccc2)n(C)n1)c1ccc(F)cc1. The van der Waals surface area contributed by atoms with Gasteiger partial charge in [0.2, 0.25) is 5.88 Å². The number of carbonyl (C=O) groups excluding carboxylic acids is 1. The van der Waals surface area contributed by atoms with Gasteiger partial charge in [-0.3, -0.25) is 4.79 Å². The molecule has 7 heteroatoms. The van der Waals surface area contributed by atoms with Crippen LogP contribution in [0.2, 0.25) is 0 Å². The lowest BCUT2D eigenvalue weighted by atomic mass is 10.0. The molecule has 1 N–H and O–H groups in total. The van der Waals surface area contributed by atoms with E-state index in [1.807, 2.05) is 49.3 Å². The van der Waals surface area contributed by atoms with Gasteiger partial charge in [0, 0.05) is 13.1 Å². The van der Waals surface area contributed by atoms with Gasteiger partial charge in [0.1, 0.15) is 12.4 Å². The van der Waals surface area contributed by atoms with Gasteiger partial charge in [-0.1, -0.05) is 42.5 Å². The van der Waals surface area contributed by atoms with Crippen LogP contribution in [0.4, 0.5) is 4.39 Å². The summed E-state index contributed by atoms with van der Waals surface area (Å²) in [4.78, 5) is 14.9. The number of halogens is 1. The lowest BCUT2D eigenvalue weighted by molar-refractivity contribution is 0.0927. The van der Waals surface area contributed by atoms with Crippen LogP contribution in [0.25, 0.3) is 0 Å². The van der Waals surface area contributed by atoms with E-state index in [0.717, 1.165) is 17.7 Å². The molecular formula is C23H27FN4O2. The molecule has 30 heavy (non-hydrogen) atoms. The van der Waals surface area contributed by atoms with E-state index in [0.29, 0.717) is 18.9 Å². The topological polar surface area (TPSA) is 59.4 Å². The molecule has 0 aliphatic carbocycles. The second kappa shape index (κ2) is 10.0. The van der Waals surface area contributed by atoms with Crippen LogP contribution in [0.5, 0.6) is 5.88 Å². The Kier molecular flexibility index (Phi) is 7.19. The number of rotatable bonds is 9. The molecule has 3 rings (SSSR count). The molecule has 0 aliphatic rings. The Morgan fingerprint density at radius 3 is 2.53 bits per heavy atom. The van der Waals surface area contributed by atoms with Crippen LogP contribution in [0, 0.1) is 5.82 Å². The van der Waals surface area contributed by atoms with E-state index in [1.54, 1.807) is 29.9 Å². The first-order valence-electron chi connectivity index (χ1n) is 9.84. The second-order valence-corrected chi connectivity index (χ2v) is 7.44. The number of nitrogens with one attached hydrogen (secondary N) is 1. The Labute approximate surface area is 176 Å². The smallest absolute Gasteiger partial charge is 0.272 e. The van der Waals surface area contributed by atoms with E-state index in [9.17, 15) is 9.18 Å².